The summed E-state index contributed by atoms with van der Waals surface area (Å²) in [7, 11) is 1.56. The molecule has 9 nitrogen and oxygen atoms in total. The van der Waals surface area contributed by atoms with Gasteiger partial charge in [-0.2, -0.15) is 0 Å². The molecule has 0 radical (unpaired) electrons. The Hall–Kier alpha value is -3.79. The number of aliphatic hydroxyl groups excluding tert-OH is 1. The number of nitrogens with one attached hydrogen (secondary N) is 1. The Bertz CT molecular complexity index is 1560. The van der Waals surface area contributed by atoms with E-state index in [1.807, 2.05) is 6.07 Å². The molecule has 198 valence electrons. The van der Waals surface area contributed by atoms with Crippen molar-refractivity contribution in [2.75, 3.05) is 16.8 Å². The highest BCUT2D eigenvalue weighted by Crippen LogP contribution is 2.40. The number of anilines is 2. The molecule has 1 saturated carbocycles. The molecule has 0 saturated heterocycles. The summed E-state index contributed by atoms with van der Waals surface area (Å²) in [6, 6.07) is 5.21. The molecule has 0 unspecified atom stereocenters. The summed E-state index contributed by atoms with van der Waals surface area (Å²) in [5, 5.41) is 13.0. The smallest absolute Gasteiger partial charge is 0.276 e. The van der Waals surface area contributed by atoms with Gasteiger partial charge in [-0.05, 0) is 54.0 Å². The summed E-state index contributed by atoms with van der Waals surface area (Å²) in [5.41, 5.74) is 4.44. The standard InChI is InChI=1S/C28H30FN5O4/c1-28(2)11-15-9-22-27(38)34(7-6-33(22)23(15)12-28)24-19(14-35)17(4-5-30-24)16-8-21(26(37)32(3)13-16)31-25(36)18-10-20(18)29/h4-5,8-9,13,18,20,35H,6-7,10-12,14H2,1-3H3,(H,31,36)/t18-,20+/m1/s1. The van der Waals surface area contributed by atoms with Gasteiger partial charge in [0.2, 0.25) is 5.91 Å². The van der Waals surface area contributed by atoms with Crippen molar-refractivity contribution in [3.05, 3.63) is 63.5 Å². The van der Waals surface area contributed by atoms with Crippen molar-refractivity contribution in [3.63, 3.8) is 0 Å². The first-order chi connectivity index (χ1) is 18.1. The number of amides is 2. The van der Waals surface area contributed by atoms with Crippen LogP contribution in [0.5, 0.6) is 0 Å². The lowest BCUT2D eigenvalue weighted by atomic mass is 9.90. The van der Waals surface area contributed by atoms with Gasteiger partial charge < -0.3 is 19.6 Å². The fourth-order valence-corrected chi connectivity index (χ4v) is 5.86. The zero-order chi connectivity index (χ0) is 26.9. The normalized spacial score (nSPS) is 21.3. The minimum Gasteiger partial charge on any atom is -0.392 e. The van der Waals surface area contributed by atoms with Crippen LogP contribution in [0.25, 0.3) is 11.1 Å². The maximum absolute atomic E-state index is 13.6. The largest absolute Gasteiger partial charge is 0.392 e. The highest BCUT2D eigenvalue weighted by atomic mass is 19.1. The first-order valence-corrected chi connectivity index (χ1v) is 12.9. The second kappa shape index (κ2) is 8.62. The summed E-state index contributed by atoms with van der Waals surface area (Å²) < 4.78 is 16.8. The van der Waals surface area contributed by atoms with Crippen LogP contribution in [0, 0.1) is 11.3 Å². The molecule has 1 fully saturated rings. The number of rotatable bonds is 5. The van der Waals surface area contributed by atoms with Crippen LogP contribution in [-0.4, -0.2) is 43.8 Å². The van der Waals surface area contributed by atoms with Gasteiger partial charge in [0.1, 0.15) is 23.4 Å². The predicted octanol–water partition coefficient (Wildman–Crippen LogP) is 2.82. The van der Waals surface area contributed by atoms with E-state index < -0.39 is 23.6 Å². The van der Waals surface area contributed by atoms with Crippen LogP contribution in [0.2, 0.25) is 0 Å². The highest BCUT2D eigenvalue weighted by Gasteiger charge is 2.44. The van der Waals surface area contributed by atoms with Crippen LogP contribution < -0.4 is 15.8 Å². The van der Waals surface area contributed by atoms with Crippen molar-refractivity contribution in [3.8, 4) is 11.1 Å². The number of nitrogens with zero attached hydrogens (tertiary/aromatic N) is 4. The SMILES string of the molecule is Cn1cc(-c2ccnc(N3CCn4c(cc5c4CC(C)(C)C5)C3=O)c2CO)cc(NC(=O)[C@@H]2C[C@@H]2F)c1=O. The van der Waals surface area contributed by atoms with Gasteiger partial charge in [0.05, 0.1) is 12.5 Å². The second-order valence-corrected chi connectivity index (χ2v) is 11.4. The number of carbonyl (C=O) groups is 2. The number of aliphatic hydroxyl groups is 1. The Morgan fingerprint density at radius 1 is 1.24 bits per heavy atom. The van der Waals surface area contributed by atoms with Crippen LogP contribution >= 0.6 is 0 Å². The fourth-order valence-electron chi connectivity index (χ4n) is 5.86. The van der Waals surface area contributed by atoms with E-state index in [9.17, 15) is 23.9 Å². The van der Waals surface area contributed by atoms with E-state index in [-0.39, 0.29) is 30.0 Å². The quantitative estimate of drug-likeness (QED) is 0.539. The number of carbonyl (C=O) groups excluding carboxylic acids is 2. The van der Waals surface area contributed by atoms with Crippen molar-refractivity contribution < 1.29 is 19.1 Å². The lowest BCUT2D eigenvalue weighted by Crippen LogP contribution is -2.41. The molecule has 3 aromatic rings. The second-order valence-electron chi connectivity index (χ2n) is 11.4. The fraction of sp³-hybridized carbons (Fsp3) is 0.429. The maximum atomic E-state index is 13.6. The lowest BCUT2D eigenvalue weighted by Gasteiger charge is -2.31. The molecular weight excluding hydrogens is 489 g/mol. The first-order valence-electron chi connectivity index (χ1n) is 12.9. The van der Waals surface area contributed by atoms with E-state index in [0.717, 1.165) is 12.8 Å². The Morgan fingerprint density at radius 2 is 2.00 bits per heavy atom. The van der Waals surface area contributed by atoms with Crippen molar-refractivity contribution >= 4 is 23.3 Å². The van der Waals surface area contributed by atoms with Crippen molar-refractivity contribution in [2.45, 2.75) is 52.4 Å². The third-order valence-electron chi connectivity index (χ3n) is 7.87. The molecule has 0 spiro atoms. The summed E-state index contributed by atoms with van der Waals surface area (Å²) in [5.74, 6) is -1.07. The van der Waals surface area contributed by atoms with Crippen LogP contribution in [0.3, 0.4) is 0 Å². The third-order valence-corrected chi connectivity index (χ3v) is 7.87. The van der Waals surface area contributed by atoms with E-state index in [0.29, 0.717) is 41.3 Å². The van der Waals surface area contributed by atoms with Gasteiger partial charge in [-0.15, -0.1) is 0 Å². The number of aromatic nitrogens is 3. The molecule has 1 aliphatic heterocycles. The Morgan fingerprint density at radius 3 is 2.71 bits per heavy atom. The van der Waals surface area contributed by atoms with E-state index >= 15 is 0 Å². The number of halogens is 1. The number of aryl methyl sites for hydroxylation is 1. The van der Waals surface area contributed by atoms with E-state index in [1.165, 1.54) is 21.9 Å². The van der Waals surface area contributed by atoms with Gasteiger partial charge in [0, 0.05) is 49.4 Å². The molecule has 4 heterocycles. The molecule has 10 heteroatoms. The highest BCUT2D eigenvalue weighted by molar-refractivity contribution is 6.06. The zero-order valence-corrected chi connectivity index (χ0v) is 21.6. The summed E-state index contributed by atoms with van der Waals surface area (Å²) in [4.78, 5) is 44.7. The summed E-state index contributed by atoms with van der Waals surface area (Å²) >= 11 is 0. The van der Waals surface area contributed by atoms with E-state index in [1.54, 1.807) is 30.4 Å². The van der Waals surface area contributed by atoms with Gasteiger partial charge in [0.15, 0.2) is 0 Å². The minimum atomic E-state index is -1.18. The Labute approximate surface area is 218 Å². The van der Waals surface area contributed by atoms with Crippen molar-refractivity contribution in [1.82, 2.24) is 14.1 Å². The predicted molar refractivity (Wildman–Crippen MR) is 140 cm³/mol. The molecule has 3 aliphatic rings. The molecule has 3 aromatic heterocycles. The molecule has 2 atom stereocenters. The van der Waals surface area contributed by atoms with Gasteiger partial charge in [-0.1, -0.05) is 13.8 Å². The van der Waals surface area contributed by atoms with Gasteiger partial charge in [-0.25, -0.2) is 9.37 Å². The number of fused-ring (bicyclic) bond motifs is 3. The first kappa shape index (κ1) is 24.5. The van der Waals surface area contributed by atoms with Crippen LogP contribution in [-0.2, 0) is 37.8 Å². The maximum Gasteiger partial charge on any atom is 0.276 e. The van der Waals surface area contributed by atoms with Gasteiger partial charge >= 0.3 is 0 Å². The van der Waals surface area contributed by atoms with E-state index in [4.69, 9.17) is 0 Å². The van der Waals surface area contributed by atoms with Gasteiger partial charge in [-0.3, -0.25) is 19.3 Å². The molecular formula is C28H30FN5O4. The number of alkyl halides is 1. The molecule has 6 rings (SSSR count). The summed E-state index contributed by atoms with van der Waals surface area (Å²) in [6.07, 6.45) is 4.01. The number of hydrogen-bond donors (Lipinski definition) is 2. The van der Waals surface area contributed by atoms with Crippen molar-refractivity contribution in [2.24, 2.45) is 18.4 Å². The average Bonchev–Trinajstić information content (AvgIpc) is 3.41. The lowest BCUT2D eigenvalue weighted by molar-refractivity contribution is -0.117. The van der Waals surface area contributed by atoms with Crippen LogP contribution in [0.1, 0.15) is 47.6 Å². The molecule has 0 bridgehead atoms. The Kier molecular flexibility index (Phi) is 5.57. The summed E-state index contributed by atoms with van der Waals surface area (Å²) in [6.45, 7) is 5.14. The monoisotopic (exact) mass is 519 g/mol. The van der Waals surface area contributed by atoms with E-state index in [2.05, 4.69) is 28.7 Å². The minimum absolute atomic E-state index is 0.0284. The van der Waals surface area contributed by atoms with Crippen LogP contribution in [0.15, 0.2) is 35.4 Å². The molecule has 38 heavy (non-hydrogen) atoms. The van der Waals surface area contributed by atoms with Crippen molar-refractivity contribution in [1.29, 1.82) is 0 Å². The Balaban J connectivity index is 1.36. The molecule has 2 amide bonds. The third kappa shape index (κ3) is 3.94. The number of pyridine rings is 2. The molecule has 0 aromatic carbocycles. The topological polar surface area (TPSA) is 109 Å². The van der Waals surface area contributed by atoms with Crippen LogP contribution in [0.4, 0.5) is 15.9 Å². The zero-order valence-electron chi connectivity index (χ0n) is 21.6. The molecule has 2 N–H and O–H groups in total. The average molecular weight is 520 g/mol. The molecule has 2 aliphatic carbocycles. The van der Waals surface area contributed by atoms with Gasteiger partial charge in [0.25, 0.3) is 11.5 Å². The number of hydrogen-bond acceptors (Lipinski definition) is 5.